The first kappa shape index (κ1) is 13.0. The topological polar surface area (TPSA) is 63.4 Å². The second kappa shape index (κ2) is 4.68. The molecule has 0 bridgehead atoms. The molecular formula is C11H15BrN2O2S. The second-order valence-corrected chi connectivity index (χ2v) is 7.27. The van der Waals surface area contributed by atoms with E-state index in [-0.39, 0.29) is 12.0 Å². The molecule has 0 radical (unpaired) electrons. The highest BCUT2D eigenvalue weighted by atomic mass is 79.9. The Morgan fingerprint density at radius 3 is 2.35 bits per heavy atom. The van der Waals surface area contributed by atoms with Gasteiger partial charge in [0.25, 0.3) is 0 Å². The van der Waals surface area contributed by atoms with Crippen molar-refractivity contribution in [3.63, 3.8) is 0 Å². The number of hydrogen-bond acceptors (Lipinski definition) is 3. The zero-order valence-corrected chi connectivity index (χ0v) is 11.9. The van der Waals surface area contributed by atoms with Crippen molar-refractivity contribution in [3.8, 4) is 0 Å². The number of halogens is 1. The van der Waals surface area contributed by atoms with Gasteiger partial charge in [0.2, 0.25) is 10.0 Å². The van der Waals surface area contributed by atoms with Gasteiger partial charge in [0, 0.05) is 23.6 Å². The van der Waals surface area contributed by atoms with E-state index in [2.05, 4.69) is 15.9 Å². The number of rotatable bonds is 2. The van der Waals surface area contributed by atoms with Crippen LogP contribution in [0.5, 0.6) is 0 Å². The van der Waals surface area contributed by atoms with Gasteiger partial charge >= 0.3 is 0 Å². The van der Waals surface area contributed by atoms with Crippen LogP contribution in [0, 0.1) is 5.92 Å². The maximum absolute atomic E-state index is 12.3. The Kier molecular flexibility index (Phi) is 3.58. The zero-order chi connectivity index (χ0) is 12.6. The summed E-state index contributed by atoms with van der Waals surface area (Å²) in [6.07, 6.45) is 0. The molecule has 6 heteroatoms. The van der Waals surface area contributed by atoms with Crippen molar-refractivity contribution in [1.29, 1.82) is 0 Å². The third-order valence-corrected chi connectivity index (χ3v) is 5.46. The highest BCUT2D eigenvalue weighted by molar-refractivity contribution is 9.10. The van der Waals surface area contributed by atoms with Crippen LogP contribution in [0.25, 0.3) is 0 Å². The molecular weight excluding hydrogens is 304 g/mol. The summed E-state index contributed by atoms with van der Waals surface area (Å²) >= 11 is 3.29. The number of benzene rings is 1. The summed E-state index contributed by atoms with van der Waals surface area (Å²) in [5.41, 5.74) is 5.85. The summed E-state index contributed by atoms with van der Waals surface area (Å²) < 4.78 is 26.9. The van der Waals surface area contributed by atoms with Crippen LogP contribution >= 0.6 is 15.9 Å². The summed E-state index contributed by atoms with van der Waals surface area (Å²) in [5.74, 6) is 0.209. The SMILES string of the molecule is CC1CN(S(=O)(=O)c2ccc(Br)cc2)CC1N. The van der Waals surface area contributed by atoms with Crippen LogP contribution in [0.1, 0.15) is 6.92 Å². The Morgan fingerprint density at radius 1 is 1.29 bits per heavy atom. The molecule has 0 amide bonds. The summed E-state index contributed by atoms with van der Waals surface area (Å²) in [6, 6.07) is 6.60. The quantitative estimate of drug-likeness (QED) is 0.897. The minimum Gasteiger partial charge on any atom is -0.326 e. The molecule has 17 heavy (non-hydrogen) atoms. The number of nitrogens with two attached hydrogens (primary N) is 1. The van der Waals surface area contributed by atoms with Crippen molar-refractivity contribution in [1.82, 2.24) is 4.31 Å². The van der Waals surface area contributed by atoms with E-state index in [1.165, 1.54) is 4.31 Å². The zero-order valence-electron chi connectivity index (χ0n) is 9.51. The van der Waals surface area contributed by atoms with Crippen LogP contribution in [0.3, 0.4) is 0 Å². The van der Waals surface area contributed by atoms with Crippen LogP contribution in [0.15, 0.2) is 33.6 Å². The lowest BCUT2D eigenvalue weighted by Crippen LogP contribution is -2.32. The Hall–Kier alpha value is -0.430. The molecule has 0 aliphatic carbocycles. The molecule has 2 rings (SSSR count). The smallest absolute Gasteiger partial charge is 0.243 e. The second-order valence-electron chi connectivity index (χ2n) is 4.42. The highest BCUT2D eigenvalue weighted by Gasteiger charge is 2.35. The van der Waals surface area contributed by atoms with Gasteiger partial charge in [-0.15, -0.1) is 0 Å². The number of hydrogen-bond donors (Lipinski definition) is 1. The minimum absolute atomic E-state index is 0.0692. The van der Waals surface area contributed by atoms with Gasteiger partial charge in [-0.1, -0.05) is 22.9 Å². The first-order chi connectivity index (χ1) is 7.91. The minimum atomic E-state index is -3.39. The molecule has 0 aromatic heterocycles. The Bertz CT molecular complexity index is 491. The van der Waals surface area contributed by atoms with E-state index in [1.807, 2.05) is 6.92 Å². The summed E-state index contributed by atoms with van der Waals surface area (Å²) in [5, 5.41) is 0. The number of nitrogens with zero attached hydrogens (tertiary/aromatic N) is 1. The van der Waals surface area contributed by atoms with Gasteiger partial charge in [0.15, 0.2) is 0 Å². The maximum Gasteiger partial charge on any atom is 0.243 e. The molecule has 94 valence electrons. The molecule has 1 aromatic rings. The normalized spacial score (nSPS) is 26.3. The molecule has 1 fully saturated rings. The molecule has 4 nitrogen and oxygen atoms in total. The predicted octanol–water partition coefficient (Wildman–Crippen LogP) is 1.42. The summed E-state index contributed by atoms with van der Waals surface area (Å²) in [7, 11) is -3.39. The lowest BCUT2D eigenvalue weighted by Gasteiger charge is -2.15. The van der Waals surface area contributed by atoms with Gasteiger partial charge in [-0.3, -0.25) is 0 Å². The van der Waals surface area contributed by atoms with Crippen LogP contribution in [-0.2, 0) is 10.0 Å². The standard InChI is InChI=1S/C11H15BrN2O2S/c1-8-6-14(7-11(8)13)17(15,16)10-4-2-9(12)3-5-10/h2-5,8,11H,6-7,13H2,1H3. The van der Waals surface area contributed by atoms with E-state index in [4.69, 9.17) is 5.73 Å². The maximum atomic E-state index is 12.3. The first-order valence-corrected chi connectivity index (χ1v) is 7.66. The lowest BCUT2D eigenvalue weighted by atomic mass is 10.1. The van der Waals surface area contributed by atoms with Crippen molar-refractivity contribution in [2.75, 3.05) is 13.1 Å². The van der Waals surface area contributed by atoms with E-state index < -0.39 is 10.0 Å². The molecule has 2 atom stereocenters. The fraction of sp³-hybridized carbons (Fsp3) is 0.455. The largest absolute Gasteiger partial charge is 0.326 e. The third kappa shape index (κ3) is 2.54. The van der Waals surface area contributed by atoms with Gasteiger partial charge in [-0.05, 0) is 30.2 Å². The van der Waals surface area contributed by atoms with E-state index in [9.17, 15) is 8.42 Å². The van der Waals surface area contributed by atoms with Crippen LogP contribution in [0.4, 0.5) is 0 Å². The summed E-state index contributed by atoms with van der Waals surface area (Å²) in [6.45, 7) is 2.88. The molecule has 2 unspecified atom stereocenters. The third-order valence-electron chi connectivity index (χ3n) is 3.09. The monoisotopic (exact) mass is 318 g/mol. The Balaban J connectivity index is 2.28. The molecule has 1 saturated heterocycles. The van der Waals surface area contributed by atoms with Gasteiger partial charge < -0.3 is 5.73 Å². The average molecular weight is 319 g/mol. The van der Waals surface area contributed by atoms with Gasteiger partial charge in [-0.2, -0.15) is 4.31 Å². The molecule has 1 aliphatic heterocycles. The van der Waals surface area contributed by atoms with E-state index in [0.29, 0.717) is 18.0 Å². The van der Waals surface area contributed by atoms with Crippen molar-refractivity contribution in [2.24, 2.45) is 11.7 Å². The highest BCUT2D eigenvalue weighted by Crippen LogP contribution is 2.24. The fourth-order valence-corrected chi connectivity index (χ4v) is 3.74. The molecule has 1 heterocycles. The van der Waals surface area contributed by atoms with Crippen molar-refractivity contribution in [3.05, 3.63) is 28.7 Å². The Labute approximate surface area is 110 Å². The average Bonchev–Trinajstić information content (AvgIpc) is 2.60. The molecule has 0 saturated carbocycles. The first-order valence-electron chi connectivity index (χ1n) is 5.42. The molecule has 2 N–H and O–H groups in total. The van der Waals surface area contributed by atoms with Crippen molar-refractivity contribution in [2.45, 2.75) is 17.9 Å². The van der Waals surface area contributed by atoms with E-state index in [0.717, 1.165) is 4.47 Å². The van der Waals surface area contributed by atoms with Gasteiger partial charge in [-0.25, -0.2) is 8.42 Å². The van der Waals surface area contributed by atoms with Crippen LogP contribution in [-0.4, -0.2) is 31.9 Å². The molecule has 1 aromatic carbocycles. The number of sulfonamides is 1. The predicted molar refractivity (Wildman–Crippen MR) is 70.0 cm³/mol. The van der Waals surface area contributed by atoms with E-state index in [1.54, 1.807) is 24.3 Å². The summed E-state index contributed by atoms with van der Waals surface area (Å²) in [4.78, 5) is 0.321. The van der Waals surface area contributed by atoms with Crippen LogP contribution in [0.2, 0.25) is 0 Å². The van der Waals surface area contributed by atoms with Gasteiger partial charge in [0.1, 0.15) is 0 Å². The van der Waals surface area contributed by atoms with E-state index >= 15 is 0 Å². The van der Waals surface area contributed by atoms with Crippen molar-refractivity contribution >= 4 is 26.0 Å². The Morgan fingerprint density at radius 2 is 1.88 bits per heavy atom. The lowest BCUT2D eigenvalue weighted by molar-refractivity contribution is 0.464. The van der Waals surface area contributed by atoms with Crippen LogP contribution < -0.4 is 5.73 Å². The fourth-order valence-electron chi connectivity index (χ4n) is 1.90. The molecule has 0 spiro atoms. The van der Waals surface area contributed by atoms with Crippen molar-refractivity contribution < 1.29 is 8.42 Å². The molecule has 1 aliphatic rings. The van der Waals surface area contributed by atoms with Gasteiger partial charge in [0.05, 0.1) is 4.90 Å².